The lowest BCUT2D eigenvalue weighted by atomic mass is 9.80. The van der Waals surface area contributed by atoms with E-state index in [4.69, 9.17) is 0 Å². The van der Waals surface area contributed by atoms with Crippen molar-refractivity contribution in [2.24, 2.45) is 11.8 Å². The van der Waals surface area contributed by atoms with E-state index in [0.29, 0.717) is 5.92 Å². The molecule has 2 aliphatic carbocycles. The minimum atomic E-state index is -0.454. The van der Waals surface area contributed by atoms with Crippen LogP contribution >= 0.6 is 0 Å². The fourth-order valence-electron chi connectivity index (χ4n) is 3.65. The van der Waals surface area contributed by atoms with Gasteiger partial charge in [0.15, 0.2) is 0 Å². The topological polar surface area (TPSA) is 49.3 Å². The molecule has 4 atom stereocenters. The second-order valence-corrected chi connectivity index (χ2v) is 6.31. The average Bonchev–Trinajstić information content (AvgIpc) is 2.88. The smallest absolute Gasteiger partial charge is 0.226 e. The van der Waals surface area contributed by atoms with Gasteiger partial charge in [-0.05, 0) is 49.1 Å². The Labute approximate surface area is 120 Å². The Morgan fingerprint density at radius 2 is 2.05 bits per heavy atom. The van der Waals surface area contributed by atoms with Crippen molar-refractivity contribution in [3.05, 3.63) is 35.4 Å². The molecule has 0 radical (unpaired) electrons. The Balaban J connectivity index is 1.78. The van der Waals surface area contributed by atoms with Gasteiger partial charge in [-0.15, -0.1) is 0 Å². The minimum absolute atomic E-state index is 0.0311. The molecule has 2 N–H and O–H groups in total. The van der Waals surface area contributed by atoms with E-state index in [1.165, 1.54) is 11.1 Å². The normalized spacial score (nSPS) is 32.7. The highest BCUT2D eigenvalue weighted by atomic mass is 16.3. The molecule has 1 fully saturated rings. The quantitative estimate of drug-likeness (QED) is 0.870. The van der Waals surface area contributed by atoms with Crippen LogP contribution < -0.4 is 5.32 Å². The summed E-state index contributed by atoms with van der Waals surface area (Å²) < 4.78 is 0. The molecule has 0 spiro atoms. The molecular weight excluding hydrogens is 250 g/mol. The summed E-state index contributed by atoms with van der Waals surface area (Å²) in [5, 5.41) is 13.1. The molecule has 1 amide bonds. The van der Waals surface area contributed by atoms with E-state index in [1.54, 1.807) is 0 Å². The number of hydrogen-bond acceptors (Lipinski definition) is 2. The number of benzene rings is 1. The van der Waals surface area contributed by atoms with E-state index >= 15 is 0 Å². The first-order chi connectivity index (χ1) is 9.66. The molecule has 3 rings (SSSR count). The van der Waals surface area contributed by atoms with Gasteiger partial charge in [-0.25, -0.2) is 0 Å². The molecule has 2 aliphatic rings. The number of carbonyl (C=O) groups is 1. The highest BCUT2D eigenvalue weighted by Crippen LogP contribution is 2.35. The van der Waals surface area contributed by atoms with Crippen LogP contribution in [0.25, 0.3) is 0 Å². The molecule has 108 valence electrons. The van der Waals surface area contributed by atoms with Crippen LogP contribution in [0.1, 0.15) is 49.8 Å². The molecule has 20 heavy (non-hydrogen) atoms. The van der Waals surface area contributed by atoms with Gasteiger partial charge in [0.1, 0.15) is 0 Å². The molecule has 0 bridgehead atoms. The Kier molecular flexibility index (Phi) is 3.79. The predicted molar refractivity (Wildman–Crippen MR) is 78.2 cm³/mol. The minimum Gasteiger partial charge on any atom is -0.392 e. The lowest BCUT2D eigenvalue weighted by molar-refractivity contribution is -0.128. The fourth-order valence-corrected chi connectivity index (χ4v) is 3.65. The molecule has 3 nitrogen and oxygen atoms in total. The van der Waals surface area contributed by atoms with Crippen LogP contribution in [-0.2, 0) is 11.2 Å². The number of rotatable bonds is 2. The molecule has 0 saturated heterocycles. The monoisotopic (exact) mass is 273 g/mol. The first-order valence-electron chi connectivity index (χ1n) is 7.73. The molecule has 0 aromatic heterocycles. The number of amides is 1. The number of hydrogen-bond donors (Lipinski definition) is 2. The zero-order valence-electron chi connectivity index (χ0n) is 12.0. The number of fused-ring (bicyclic) bond motifs is 1. The Hall–Kier alpha value is -1.35. The lowest BCUT2D eigenvalue weighted by Crippen LogP contribution is -2.40. The van der Waals surface area contributed by atoms with Crippen molar-refractivity contribution in [1.82, 2.24) is 5.32 Å². The van der Waals surface area contributed by atoms with Gasteiger partial charge in [0.2, 0.25) is 5.91 Å². The zero-order valence-corrected chi connectivity index (χ0v) is 12.0. The number of aryl methyl sites for hydroxylation is 1. The van der Waals surface area contributed by atoms with Gasteiger partial charge < -0.3 is 10.4 Å². The van der Waals surface area contributed by atoms with Crippen molar-refractivity contribution in [3.8, 4) is 0 Å². The molecule has 3 heteroatoms. The second-order valence-electron chi connectivity index (χ2n) is 6.31. The van der Waals surface area contributed by atoms with Crippen LogP contribution in [0.2, 0.25) is 0 Å². The third-order valence-corrected chi connectivity index (χ3v) is 4.94. The Bertz CT molecular complexity index is 500. The number of nitrogens with one attached hydrogen (secondary N) is 1. The van der Waals surface area contributed by atoms with E-state index in [-0.39, 0.29) is 17.9 Å². The van der Waals surface area contributed by atoms with Crippen LogP contribution in [0.4, 0.5) is 0 Å². The van der Waals surface area contributed by atoms with E-state index in [0.717, 1.165) is 32.1 Å². The maximum atomic E-state index is 12.4. The molecular formula is C17H23NO2. The second kappa shape index (κ2) is 5.57. The zero-order chi connectivity index (χ0) is 14.1. The summed E-state index contributed by atoms with van der Waals surface area (Å²) in [6.07, 6.45) is 4.27. The van der Waals surface area contributed by atoms with E-state index in [1.807, 2.05) is 6.07 Å². The first kappa shape index (κ1) is 13.6. The van der Waals surface area contributed by atoms with Crippen molar-refractivity contribution >= 4 is 5.91 Å². The van der Waals surface area contributed by atoms with Gasteiger partial charge in [0.05, 0.1) is 18.1 Å². The van der Waals surface area contributed by atoms with E-state index < -0.39 is 6.10 Å². The van der Waals surface area contributed by atoms with Crippen molar-refractivity contribution in [2.45, 2.75) is 51.2 Å². The summed E-state index contributed by atoms with van der Waals surface area (Å²) in [5.74, 6) is 0.271. The highest BCUT2D eigenvalue weighted by molar-refractivity contribution is 5.80. The van der Waals surface area contributed by atoms with Crippen LogP contribution in [-0.4, -0.2) is 17.1 Å². The van der Waals surface area contributed by atoms with Gasteiger partial charge in [-0.2, -0.15) is 0 Å². The maximum absolute atomic E-state index is 12.4. The third-order valence-electron chi connectivity index (χ3n) is 4.94. The van der Waals surface area contributed by atoms with Crippen molar-refractivity contribution in [2.75, 3.05) is 0 Å². The van der Waals surface area contributed by atoms with Crippen LogP contribution in [0.5, 0.6) is 0 Å². The summed E-state index contributed by atoms with van der Waals surface area (Å²) in [4.78, 5) is 12.4. The van der Waals surface area contributed by atoms with Gasteiger partial charge in [0.25, 0.3) is 0 Å². The average molecular weight is 273 g/mol. The largest absolute Gasteiger partial charge is 0.392 e. The van der Waals surface area contributed by atoms with Gasteiger partial charge in [0, 0.05) is 0 Å². The predicted octanol–water partition coefficient (Wildman–Crippen LogP) is 2.59. The molecule has 1 saturated carbocycles. The van der Waals surface area contributed by atoms with Crippen molar-refractivity contribution in [1.29, 1.82) is 0 Å². The lowest BCUT2D eigenvalue weighted by Gasteiger charge is -2.33. The molecule has 0 aliphatic heterocycles. The summed E-state index contributed by atoms with van der Waals surface area (Å²) in [6.45, 7) is 2.20. The fraction of sp³-hybridized carbons (Fsp3) is 0.588. The third kappa shape index (κ3) is 2.47. The summed E-state index contributed by atoms with van der Waals surface area (Å²) >= 11 is 0. The molecule has 1 aromatic carbocycles. The Morgan fingerprint density at radius 1 is 1.25 bits per heavy atom. The maximum Gasteiger partial charge on any atom is 0.226 e. The van der Waals surface area contributed by atoms with Crippen LogP contribution in [0, 0.1) is 11.8 Å². The summed E-state index contributed by atoms with van der Waals surface area (Å²) in [6, 6.07) is 8.49. The molecule has 4 unspecified atom stereocenters. The number of carbonyl (C=O) groups excluding carboxylic acids is 1. The Morgan fingerprint density at radius 3 is 2.80 bits per heavy atom. The number of aliphatic hydroxyl groups excluding tert-OH is 1. The van der Waals surface area contributed by atoms with Crippen LogP contribution in [0.15, 0.2) is 24.3 Å². The van der Waals surface area contributed by atoms with Gasteiger partial charge >= 0.3 is 0 Å². The number of aliphatic hydroxyl groups is 1. The molecule has 0 heterocycles. The summed E-state index contributed by atoms with van der Waals surface area (Å²) in [5.41, 5.74) is 2.61. The molecule has 1 aromatic rings. The van der Waals surface area contributed by atoms with Crippen molar-refractivity contribution in [3.63, 3.8) is 0 Å². The highest BCUT2D eigenvalue weighted by Gasteiger charge is 2.35. The van der Waals surface area contributed by atoms with E-state index in [2.05, 4.69) is 30.4 Å². The van der Waals surface area contributed by atoms with Crippen molar-refractivity contribution < 1.29 is 9.90 Å². The van der Waals surface area contributed by atoms with Crippen LogP contribution in [0.3, 0.4) is 0 Å². The standard InChI is InChI=1S/C17H23NO2/c1-11-9-10-12-5-2-3-6-13(12)16(11)18-17(20)14-7-4-8-15(14)19/h2-3,5-6,11,14-16,19H,4,7-10H2,1H3,(H,18,20). The van der Waals surface area contributed by atoms with E-state index in [9.17, 15) is 9.90 Å². The summed E-state index contributed by atoms with van der Waals surface area (Å²) in [7, 11) is 0. The van der Waals surface area contributed by atoms with Gasteiger partial charge in [-0.3, -0.25) is 4.79 Å². The SMILES string of the molecule is CC1CCc2ccccc2C1NC(=O)C1CCCC1O. The first-order valence-corrected chi connectivity index (χ1v) is 7.73. The van der Waals surface area contributed by atoms with Gasteiger partial charge in [-0.1, -0.05) is 31.2 Å².